The first-order valence-corrected chi connectivity index (χ1v) is 17.7. The number of aromatic amines is 1. The summed E-state index contributed by atoms with van der Waals surface area (Å²) in [5.41, 5.74) is 5.02. The van der Waals surface area contributed by atoms with E-state index in [1.165, 1.54) is 23.9 Å². The van der Waals surface area contributed by atoms with Gasteiger partial charge in [0.25, 0.3) is 5.56 Å². The molecule has 1 aliphatic rings. The molecule has 1 fully saturated rings. The Kier molecular flexibility index (Phi) is 13.2. The molecule has 262 valence electrons. The first kappa shape index (κ1) is 37.3. The summed E-state index contributed by atoms with van der Waals surface area (Å²) in [5.74, 6) is -0.204. The number of carbonyl (C=O) groups excluding carboxylic acids is 1. The van der Waals surface area contributed by atoms with Gasteiger partial charge in [-0.1, -0.05) is 78.8 Å². The molecule has 1 unspecified atom stereocenters. The Morgan fingerprint density at radius 3 is 2.32 bits per heavy atom. The highest BCUT2D eigenvalue weighted by Crippen LogP contribution is 2.26. The molecule has 2 N–H and O–H groups in total. The van der Waals surface area contributed by atoms with E-state index in [0.29, 0.717) is 34.6 Å². The monoisotopic (exact) mass is 735 g/mol. The van der Waals surface area contributed by atoms with Crippen molar-refractivity contribution in [3.05, 3.63) is 135 Å². The number of piperazine rings is 1. The lowest BCUT2D eigenvalue weighted by Gasteiger charge is -2.31. The molecule has 0 saturated carbocycles. The third kappa shape index (κ3) is 9.82. The molecule has 5 aromatic rings. The maximum atomic E-state index is 14.3. The van der Waals surface area contributed by atoms with Gasteiger partial charge in [0.1, 0.15) is 12.4 Å². The van der Waals surface area contributed by atoms with Crippen LogP contribution < -0.4 is 10.9 Å². The van der Waals surface area contributed by atoms with Crippen LogP contribution in [0.25, 0.3) is 11.1 Å². The number of rotatable bonds is 13. The van der Waals surface area contributed by atoms with Crippen LogP contribution in [0.4, 0.5) is 4.39 Å². The van der Waals surface area contributed by atoms with E-state index in [4.69, 9.17) is 11.6 Å². The molecule has 1 saturated heterocycles. The van der Waals surface area contributed by atoms with Crippen LogP contribution in [0, 0.1) is 5.82 Å². The molecular weight excluding hydrogens is 696 g/mol. The van der Waals surface area contributed by atoms with Crippen molar-refractivity contribution in [2.24, 2.45) is 0 Å². The summed E-state index contributed by atoms with van der Waals surface area (Å²) in [6, 6.07) is 22.2. The van der Waals surface area contributed by atoms with Gasteiger partial charge < -0.3 is 14.8 Å². The first-order chi connectivity index (χ1) is 23.8. The average Bonchev–Trinajstić information content (AvgIpc) is 3.67. The summed E-state index contributed by atoms with van der Waals surface area (Å²) in [5, 5.41) is 11.4. The van der Waals surface area contributed by atoms with Crippen molar-refractivity contribution in [3.63, 3.8) is 0 Å². The molecule has 0 bridgehead atoms. The van der Waals surface area contributed by atoms with Crippen LogP contribution in [0.3, 0.4) is 0 Å². The minimum Gasteiger partial charge on any atom is -0.336 e. The molecule has 2 aromatic heterocycles. The molecule has 0 spiro atoms. The molecule has 1 amide bonds. The van der Waals surface area contributed by atoms with Crippen molar-refractivity contribution in [2.45, 2.75) is 36.8 Å². The largest absolute Gasteiger partial charge is 0.336 e. The van der Waals surface area contributed by atoms with Crippen LogP contribution in [0.15, 0.2) is 101 Å². The van der Waals surface area contributed by atoms with Gasteiger partial charge in [-0.25, -0.2) is 4.39 Å². The number of H-pyrrole nitrogens is 1. The lowest BCUT2D eigenvalue weighted by Crippen LogP contribution is -2.47. The van der Waals surface area contributed by atoms with Crippen molar-refractivity contribution >= 4 is 41.7 Å². The third-order valence-electron chi connectivity index (χ3n) is 8.81. The average molecular weight is 737 g/mol. The number of aromatic nitrogens is 4. The molecule has 1 atom stereocenters. The fourth-order valence-corrected chi connectivity index (χ4v) is 6.87. The fourth-order valence-electron chi connectivity index (χ4n) is 5.83. The topological polar surface area (TPSA) is 99.2 Å². The summed E-state index contributed by atoms with van der Waals surface area (Å²) in [4.78, 5) is 36.3. The molecule has 3 aromatic carbocycles. The van der Waals surface area contributed by atoms with Gasteiger partial charge in [-0.15, -0.1) is 12.4 Å². The van der Waals surface area contributed by atoms with E-state index in [2.05, 4.69) is 49.7 Å². The Morgan fingerprint density at radius 2 is 1.66 bits per heavy atom. The molecule has 0 radical (unpaired) electrons. The normalized spacial score (nSPS) is 13.8. The van der Waals surface area contributed by atoms with E-state index in [1.54, 1.807) is 35.3 Å². The minimum atomic E-state index is -0.352. The van der Waals surface area contributed by atoms with E-state index < -0.39 is 0 Å². The van der Waals surface area contributed by atoms with Crippen LogP contribution in [0.5, 0.6) is 0 Å². The summed E-state index contributed by atoms with van der Waals surface area (Å²) in [6.45, 7) is 7.40. The van der Waals surface area contributed by atoms with Crippen molar-refractivity contribution in [1.82, 2.24) is 34.9 Å². The Hall–Kier alpha value is -4.00. The van der Waals surface area contributed by atoms with E-state index in [-0.39, 0.29) is 42.2 Å². The second-order valence-corrected chi connectivity index (χ2v) is 13.6. The number of amides is 1. The minimum absolute atomic E-state index is 0. The van der Waals surface area contributed by atoms with Crippen LogP contribution in [-0.4, -0.2) is 74.7 Å². The van der Waals surface area contributed by atoms with E-state index in [0.717, 1.165) is 60.5 Å². The number of nitrogens with zero attached hydrogens (tertiary/aromatic N) is 5. The van der Waals surface area contributed by atoms with Crippen molar-refractivity contribution in [3.8, 4) is 11.1 Å². The Labute approximate surface area is 306 Å². The summed E-state index contributed by atoms with van der Waals surface area (Å²) < 4.78 is 15.3. The number of hydrogen-bond acceptors (Lipinski definition) is 7. The van der Waals surface area contributed by atoms with E-state index in [1.807, 2.05) is 36.1 Å². The quantitative estimate of drug-likeness (QED) is 0.109. The molecule has 13 heteroatoms. The highest BCUT2D eigenvalue weighted by atomic mass is 35.5. The Bertz CT molecular complexity index is 1880. The summed E-state index contributed by atoms with van der Waals surface area (Å²) in [7, 11) is 0. The van der Waals surface area contributed by atoms with E-state index in [9.17, 15) is 14.0 Å². The number of hydrogen-bond donors (Lipinski definition) is 2. The smallest absolute Gasteiger partial charge is 0.277 e. The third-order valence-corrected chi connectivity index (χ3v) is 10.1. The highest BCUT2D eigenvalue weighted by molar-refractivity contribution is 7.98. The maximum Gasteiger partial charge on any atom is 0.277 e. The van der Waals surface area contributed by atoms with Crippen LogP contribution in [0.2, 0.25) is 5.02 Å². The molecule has 1 aliphatic heterocycles. The van der Waals surface area contributed by atoms with E-state index >= 15 is 0 Å². The van der Waals surface area contributed by atoms with Crippen molar-refractivity contribution in [2.75, 3.05) is 39.3 Å². The number of nitrogens with one attached hydrogen (secondary N) is 2. The predicted octanol–water partition coefficient (Wildman–Crippen LogP) is 6.23. The number of thioether (sulfide) groups is 1. The number of halogens is 3. The van der Waals surface area contributed by atoms with Gasteiger partial charge in [0, 0.05) is 80.5 Å². The van der Waals surface area contributed by atoms with Gasteiger partial charge in [-0.2, -0.15) is 10.1 Å². The lowest BCUT2D eigenvalue weighted by atomic mass is 9.98. The molecule has 3 heterocycles. The standard InChI is InChI=1S/C37H39ClFN7O2S.ClH/c1-26(31-20-41-42-21-31)34-23-46(37(43-36(34)48)49-25-28-4-12-33(39)13-5-28)24-35(47)45(19-18-44-16-14-40-15-17-44)22-27-2-6-29(7-3-27)30-8-10-32(38)11-9-30;/h2-13,20-21,23,26,40H,14-19,22,24-25H2,1H3,(H,41,42);1H. The van der Waals surface area contributed by atoms with Crippen LogP contribution in [0.1, 0.15) is 35.1 Å². The molecule has 50 heavy (non-hydrogen) atoms. The second-order valence-electron chi connectivity index (χ2n) is 12.2. The van der Waals surface area contributed by atoms with Gasteiger partial charge in [-0.05, 0) is 52.1 Å². The molecular formula is C37H40Cl2FN7O2S. The Balaban J connectivity index is 0.00000486. The van der Waals surface area contributed by atoms with Gasteiger partial charge in [0.05, 0.1) is 6.20 Å². The first-order valence-electron chi connectivity index (χ1n) is 16.4. The van der Waals surface area contributed by atoms with Crippen molar-refractivity contribution < 1.29 is 9.18 Å². The molecule has 6 rings (SSSR count). The Morgan fingerprint density at radius 1 is 1.00 bits per heavy atom. The van der Waals surface area contributed by atoms with Crippen molar-refractivity contribution in [1.29, 1.82) is 0 Å². The van der Waals surface area contributed by atoms with Gasteiger partial charge in [0.15, 0.2) is 5.16 Å². The summed E-state index contributed by atoms with van der Waals surface area (Å²) in [6.07, 6.45) is 5.20. The zero-order valence-electron chi connectivity index (χ0n) is 27.7. The fraction of sp³-hybridized carbons (Fsp3) is 0.297. The maximum absolute atomic E-state index is 14.3. The van der Waals surface area contributed by atoms with Crippen LogP contribution in [-0.2, 0) is 23.6 Å². The molecule has 0 aliphatic carbocycles. The van der Waals surface area contributed by atoms with Gasteiger partial charge in [0.2, 0.25) is 5.91 Å². The highest BCUT2D eigenvalue weighted by Gasteiger charge is 2.22. The summed E-state index contributed by atoms with van der Waals surface area (Å²) >= 11 is 7.44. The molecule has 9 nitrogen and oxygen atoms in total. The number of benzene rings is 3. The SMILES string of the molecule is CC(c1cn[nH]c1)c1cn(CC(=O)N(CCN2CCNCC2)Cc2ccc(-c3ccc(Cl)cc3)cc2)c(SCc2ccc(F)cc2)nc1=O.Cl. The second kappa shape index (κ2) is 17.8. The number of carbonyl (C=O) groups is 1. The van der Waals surface area contributed by atoms with Gasteiger partial charge >= 0.3 is 0 Å². The predicted molar refractivity (Wildman–Crippen MR) is 199 cm³/mol. The zero-order chi connectivity index (χ0) is 34.2. The van der Waals surface area contributed by atoms with Crippen LogP contribution >= 0.6 is 35.8 Å². The lowest BCUT2D eigenvalue weighted by molar-refractivity contribution is -0.132. The van der Waals surface area contributed by atoms with Gasteiger partial charge in [-0.3, -0.25) is 19.6 Å². The zero-order valence-corrected chi connectivity index (χ0v) is 30.1.